The second-order valence-electron chi connectivity index (χ2n) is 5.17. The summed E-state index contributed by atoms with van der Waals surface area (Å²) in [4.78, 5) is 0. The van der Waals surface area contributed by atoms with Crippen LogP contribution in [0.25, 0.3) is 0 Å². The number of rotatable bonds is 2. The summed E-state index contributed by atoms with van der Waals surface area (Å²) in [6.07, 6.45) is 0. The average molecular weight is 223 g/mol. The Morgan fingerprint density at radius 3 is 2.38 bits per heavy atom. The summed E-state index contributed by atoms with van der Waals surface area (Å²) in [5.41, 5.74) is 7.54. The van der Waals surface area contributed by atoms with Crippen molar-refractivity contribution >= 4 is 0 Å². The fourth-order valence-corrected chi connectivity index (χ4v) is 2.36. The second kappa shape index (κ2) is 3.45. The van der Waals surface area contributed by atoms with Crippen LogP contribution in [0.5, 0.6) is 5.75 Å². The van der Waals surface area contributed by atoms with Gasteiger partial charge in [-0.2, -0.15) is 0 Å². The van der Waals surface area contributed by atoms with Gasteiger partial charge >= 0.3 is 0 Å². The van der Waals surface area contributed by atoms with Crippen LogP contribution in [0.15, 0.2) is 12.1 Å². The highest BCUT2D eigenvalue weighted by atomic mass is 19.1. The third kappa shape index (κ3) is 1.50. The molecule has 0 radical (unpaired) electrons. The van der Waals surface area contributed by atoms with Crippen LogP contribution in [-0.2, 0) is 0 Å². The first kappa shape index (κ1) is 11.4. The van der Waals surface area contributed by atoms with Crippen LogP contribution in [0, 0.1) is 18.2 Å². The number of hydrogen-bond donors (Lipinski definition) is 1. The molecule has 1 aliphatic carbocycles. The van der Waals surface area contributed by atoms with Crippen molar-refractivity contribution in [2.75, 3.05) is 7.11 Å². The third-order valence-corrected chi connectivity index (χ3v) is 3.76. The predicted molar refractivity (Wildman–Crippen MR) is 62.2 cm³/mol. The monoisotopic (exact) mass is 223 g/mol. The zero-order valence-electron chi connectivity index (χ0n) is 10.2. The van der Waals surface area contributed by atoms with E-state index in [1.807, 2.05) is 0 Å². The summed E-state index contributed by atoms with van der Waals surface area (Å²) in [6.45, 7) is 5.93. The first-order valence-corrected chi connectivity index (χ1v) is 5.49. The molecule has 2 nitrogen and oxygen atoms in total. The molecule has 0 amide bonds. The highest BCUT2D eigenvalue weighted by Gasteiger charge is 2.57. The van der Waals surface area contributed by atoms with E-state index in [1.54, 1.807) is 26.2 Å². The molecule has 0 heterocycles. The average Bonchev–Trinajstić information content (AvgIpc) is 2.70. The van der Waals surface area contributed by atoms with Gasteiger partial charge in [-0.15, -0.1) is 0 Å². The molecule has 0 bridgehead atoms. The Hall–Kier alpha value is -1.09. The van der Waals surface area contributed by atoms with Gasteiger partial charge in [0.1, 0.15) is 11.6 Å². The fourth-order valence-electron chi connectivity index (χ4n) is 2.36. The maximum absolute atomic E-state index is 13.6. The quantitative estimate of drug-likeness (QED) is 0.836. The molecular formula is C13H18FNO. The van der Waals surface area contributed by atoms with E-state index in [1.165, 1.54) is 0 Å². The Morgan fingerprint density at radius 1 is 1.38 bits per heavy atom. The Labute approximate surface area is 95.6 Å². The van der Waals surface area contributed by atoms with Crippen molar-refractivity contribution in [1.29, 1.82) is 0 Å². The lowest BCUT2D eigenvalue weighted by molar-refractivity contribution is 0.405. The van der Waals surface area contributed by atoms with Gasteiger partial charge in [-0.05, 0) is 30.0 Å². The first-order valence-electron chi connectivity index (χ1n) is 5.49. The molecule has 1 aliphatic rings. The van der Waals surface area contributed by atoms with Crippen LogP contribution in [0.1, 0.15) is 30.9 Å². The van der Waals surface area contributed by atoms with E-state index in [-0.39, 0.29) is 23.2 Å². The molecule has 1 fully saturated rings. The van der Waals surface area contributed by atoms with Crippen molar-refractivity contribution in [3.8, 4) is 5.75 Å². The number of methoxy groups -OCH3 is 1. The van der Waals surface area contributed by atoms with E-state index in [2.05, 4.69) is 13.8 Å². The molecule has 2 unspecified atom stereocenters. The number of halogens is 1. The number of benzene rings is 1. The van der Waals surface area contributed by atoms with Crippen molar-refractivity contribution in [2.45, 2.75) is 32.7 Å². The molecule has 0 spiro atoms. The number of aryl methyl sites for hydroxylation is 1. The molecular weight excluding hydrogens is 205 g/mol. The molecule has 1 aromatic rings. The van der Waals surface area contributed by atoms with E-state index in [4.69, 9.17) is 10.5 Å². The van der Waals surface area contributed by atoms with Crippen molar-refractivity contribution in [3.63, 3.8) is 0 Å². The van der Waals surface area contributed by atoms with Crippen molar-refractivity contribution in [1.82, 2.24) is 0 Å². The van der Waals surface area contributed by atoms with E-state index in [0.29, 0.717) is 5.56 Å². The lowest BCUT2D eigenvalue weighted by atomic mass is 10.0. The second-order valence-corrected chi connectivity index (χ2v) is 5.17. The Kier molecular flexibility index (Phi) is 2.46. The van der Waals surface area contributed by atoms with Crippen molar-refractivity contribution < 1.29 is 9.13 Å². The van der Waals surface area contributed by atoms with Gasteiger partial charge < -0.3 is 10.5 Å². The highest BCUT2D eigenvalue weighted by Crippen LogP contribution is 2.59. The summed E-state index contributed by atoms with van der Waals surface area (Å²) in [5, 5.41) is 0. The van der Waals surface area contributed by atoms with Crippen LogP contribution in [-0.4, -0.2) is 13.2 Å². The zero-order chi connectivity index (χ0) is 12.1. The van der Waals surface area contributed by atoms with Gasteiger partial charge in [0, 0.05) is 17.5 Å². The molecule has 1 saturated carbocycles. The minimum atomic E-state index is -0.189. The summed E-state index contributed by atoms with van der Waals surface area (Å²) in [5.74, 6) is 0.744. The minimum Gasteiger partial charge on any atom is -0.496 e. The van der Waals surface area contributed by atoms with Gasteiger partial charge in [-0.25, -0.2) is 4.39 Å². The summed E-state index contributed by atoms with van der Waals surface area (Å²) >= 11 is 0. The van der Waals surface area contributed by atoms with E-state index in [9.17, 15) is 4.39 Å². The topological polar surface area (TPSA) is 35.2 Å². The van der Waals surface area contributed by atoms with Gasteiger partial charge in [0.2, 0.25) is 0 Å². The maximum Gasteiger partial charge on any atom is 0.126 e. The van der Waals surface area contributed by atoms with E-state index in [0.717, 1.165) is 11.3 Å². The normalized spacial score (nSPS) is 26.6. The van der Waals surface area contributed by atoms with Gasteiger partial charge in [0.25, 0.3) is 0 Å². The SMILES string of the molecule is COc1cc(C)c(F)cc1C1C(N)C1(C)C. The predicted octanol–water partition coefficient (Wildman–Crippen LogP) is 2.59. The molecule has 2 rings (SSSR count). The Bertz CT molecular complexity index is 428. The van der Waals surface area contributed by atoms with Crippen LogP contribution in [0.2, 0.25) is 0 Å². The smallest absolute Gasteiger partial charge is 0.126 e. The Balaban J connectivity index is 2.46. The molecule has 0 aliphatic heterocycles. The fraction of sp³-hybridized carbons (Fsp3) is 0.538. The summed E-state index contributed by atoms with van der Waals surface area (Å²) < 4.78 is 18.9. The zero-order valence-corrected chi connectivity index (χ0v) is 10.2. The maximum atomic E-state index is 13.6. The van der Waals surface area contributed by atoms with Crippen molar-refractivity contribution in [3.05, 3.63) is 29.1 Å². The molecule has 3 heteroatoms. The molecule has 0 saturated heterocycles. The van der Waals surface area contributed by atoms with Gasteiger partial charge in [0.05, 0.1) is 7.11 Å². The molecule has 0 aromatic heterocycles. The van der Waals surface area contributed by atoms with Crippen LogP contribution < -0.4 is 10.5 Å². The van der Waals surface area contributed by atoms with Gasteiger partial charge in [0.15, 0.2) is 0 Å². The van der Waals surface area contributed by atoms with Crippen LogP contribution >= 0.6 is 0 Å². The van der Waals surface area contributed by atoms with E-state index >= 15 is 0 Å². The van der Waals surface area contributed by atoms with Crippen molar-refractivity contribution in [2.24, 2.45) is 11.1 Å². The largest absolute Gasteiger partial charge is 0.496 e. The standard InChI is InChI=1S/C13H18FNO/c1-7-5-10(16-4)8(6-9(7)14)11-12(15)13(11,2)3/h5-6,11-12H,15H2,1-4H3. The lowest BCUT2D eigenvalue weighted by Crippen LogP contribution is -2.06. The highest BCUT2D eigenvalue weighted by molar-refractivity contribution is 5.46. The van der Waals surface area contributed by atoms with Crippen LogP contribution in [0.4, 0.5) is 4.39 Å². The molecule has 2 N–H and O–H groups in total. The minimum absolute atomic E-state index is 0.0367. The molecule has 1 aromatic carbocycles. The number of ether oxygens (including phenoxy) is 1. The molecule has 88 valence electrons. The molecule has 2 atom stereocenters. The van der Waals surface area contributed by atoms with E-state index < -0.39 is 0 Å². The van der Waals surface area contributed by atoms with Gasteiger partial charge in [-0.1, -0.05) is 13.8 Å². The lowest BCUT2D eigenvalue weighted by Gasteiger charge is -2.11. The van der Waals surface area contributed by atoms with Crippen LogP contribution in [0.3, 0.4) is 0 Å². The summed E-state index contributed by atoms with van der Waals surface area (Å²) in [6, 6.07) is 3.39. The molecule has 16 heavy (non-hydrogen) atoms. The third-order valence-electron chi connectivity index (χ3n) is 3.76. The number of hydrogen-bond acceptors (Lipinski definition) is 2. The first-order chi connectivity index (χ1) is 7.39. The number of nitrogens with two attached hydrogens (primary N) is 1. The summed E-state index contributed by atoms with van der Waals surface area (Å²) in [7, 11) is 1.61. The van der Waals surface area contributed by atoms with Gasteiger partial charge in [-0.3, -0.25) is 0 Å². The Morgan fingerprint density at radius 2 is 1.94 bits per heavy atom.